The van der Waals surface area contributed by atoms with E-state index in [1.807, 2.05) is 12.3 Å². The van der Waals surface area contributed by atoms with Gasteiger partial charge in [-0.3, -0.25) is 9.67 Å². The first-order chi connectivity index (χ1) is 20.3. The molecule has 1 unspecified atom stereocenters. The summed E-state index contributed by atoms with van der Waals surface area (Å²) in [6.45, 7) is 6.02. The van der Waals surface area contributed by atoms with Gasteiger partial charge in [0.15, 0.2) is 0 Å². The Kier molecular flexibility index (Phi) is 8.98. The normalized spacial score (nSPS) is 16.4. The minimum Gasteiger partial charge on any atom is -0.390 e. The summed E-state index contributed by atoms with van der Waals surface area (Å²) in [6, 6.07) is 6.65. The Bertz CT molecular complexity index is 1660. The number of rotatable bonds is 10. The fourth-order valence-corrected chi connectivity index (χ4v) is 6.78. The number of piperidine rings is 1. The third-order valence-electron chi connectivity index (χ3n) is 8.37. The van der Waals surface area contributed by atoms with Crippen LogP contribution in [0.3, 0.4) is 0 Å². The number of halogens is 3. The van der Waals surface area contributed by atoms with Gasteiger partial charge >= 0.3 is 6.18 Å². The number of hydrogen-bond donors (Lipinski definition) is 2. The highest BCUT2D eigenvalue weighted by Gasteiger charge is 2.31. The molecule has 0 saturated carbocycles. The van der Waals surface area contributed by atoms with Gasteiger partial charge in [-0.1, -0.05) is 19.1 Å². The maximum atomic E-state index is 13.2. The number of aromatic nitrogens is 4. The highest BCUT2D eigenvalue weighted by Crippen LogP contribution is 2.34. The Morgan fingerprint density at radius 3 is 2.47 bits per heavy atom. The molecule has 0 amide bonds. The molecule has 2 N–H and O–H groups in total. The molecule has 13 heteroatoms. The second kappa shape index (κ2) is 12.4. The summed E-state index contributed by atoms with van der Waals surface area (Å²) in [6.07, 6.45) is 3.54. The van der Waals surface area contributed by atoms with Crippen molar-refractivity contribution in [3.63, 3.8) is 0 Å². The third-order valence-corrected chi connectivity index (χ3v) is 9.69. The number of sulfonamides is 1. The smallest absolute Gasteiger partial charge is 0.390 e. The molecule has 1 fully saturated rings. The number of β-amino-alcohol motifs (C(OH)–C–C–N with tert-alkyl or cyclic N) is 1. The van der Waals surface area contributed by atoms with E-state index >= 15 is 0 Å². The molecule has 43 heavy (non-hydrogen) atoms. The van der Waals surface area contributed by atoms with Crippen LogP contribution in [0, 0.1) is 6.92 Å². The number of aliphatic hydroxyl groups excluding tert-OH is 1. The minimum atomic E-state index is -4.48. The molecular weight excluding hydrogens is 581 g/mol. The van der Waals surface area contributed by atoms with Crippen LogP contribution in [0.5, 0.6) is 0 Å². The van der Waals surface area contributed by atoms with Crippen molar-refractivity contribution in [2.75, 3.05) is 32.4 Å². The lowest BCUT2D eigenvalue weighted by Gasteiger charge is -2.33. The third kappa shape index (κ3) is 6.95. The summed E-state index contributed by atoms with van der Waals surface area (Å²) in [5.74, 6) is 0.407. The van der Waals surface area contributed by atoms with Crippen molar-refractivity contribution in [1.82, 2.24) is 29.0 Å². The number of benzene rings is 1. The summed E-state index contributed by atoms with van der Waals surface area (Å²) in [7, 11) is -3.54. The molecule has 1 aromatic carbocycles. The molecule has 1 aliphatic heterocycles. The Labute approximate surface area is 249 Å². The monoisotopic (exact) mass is 618 g/mol. The summed E-state index contributed by atoms with van der Waals surface area (Å²) in [4.78, 5) is 9.82. The largest absolute Gasteiger partial charge is 0.416 e. The van der Waals surface area contributed by atoms with E-state index in [-0.39, 0.29) is 19.6 Å². The van der Waals surface area contributed by atoms with Gasteiger partial charge in [-0.05, 0) is 62.5 Å². The van der Waals surface area contributed by atoms with Crippen molar-refractivity contribution in [3.05, 3.63) is 71.3 Å². The predicted octanol–water partition coefficient (Wildman–Crippen LogP) is 4.78. The van der Waals surface area contributed by atoms with Crippen molar-refractivity contribution in [2.24, 2.45) is 0 Å². The molecule has 4 aromatic rings. The second-order valence-corrected chi connectivity index (χ2v) is 13.2. The molecule has 4 heterocycles. The van der Waals surface area contributed by atoms with Gasteiger partial charge in [0.25, 0.3) is 0 Å². The van der Waals surface area contributed by atoms with E-state index < -0.39 is 27.9 Å². The number of nitrogens with one attached hydrogen (secondary N) is 1. The van der Waals surface area contributed by atoms with Gasteiger partial charge in [-0.2, -0.15) is 22.6 Å². The highest BCUT2D eigenvalue weighted by molar-refractivity contribution is 7.88. The molecule has 3 aromatic heterocycles. The van der Waals surface area contributed by atoms with Crippen LogP contribution in [0.4, 0.5) is 13.2 Å². The summed E-state index contributed by atoms with van der Waals surface area (Å²) >= 11 is 0. The molecule has 9 nitrogen and oxygen atoms in total. The number of aliphatic hydroxyl groups is 1. The van der Waals surface area contributed by atoms with Crippen LogP contribution in [0.1, 0.15) is 48.1 Å². The highest BCUT2D eigenvalue weighted by atomic mass is 32.2. The summed E-state index contributed by atoms with van der Waals surface area (Å²) < 4.78 is 67.2. The van der Waals surface area contributed by atoms with Crippen molar-refractivity contribution >= 4 is 20.9 Å². The van der Waals surface area contributed by atoms with E-state index in [0.29, 0.717) is 35.0 Å². The lowest BCUT2D eigenvalue weighted by atomic mass is 9.89. The van der Waals surface area contributed by atoms with Gasteiger partial charge < -0.3 is 15.0 Å². The van der Waals surface area contributed by atoms with Crippen LogP contribution in [-0.2, 0) is 29.3 Å². The molecule has 232 valence electrons. The minimum absolute atomic E-state index is 0.0183. The Morgan fingerprint density at radius 2 is 1.84 bits per heavy atom. The van der Waals surface area contributed by atoms with Crippen molar-refractivity contribution in [3.8, 4) is 11.3 Å². The van der Waals surface area contributed by atoms with Crippen LogP contribution in [0.2, 0.25) is 0 Å². The molecule has 0 aliphatic carbocycles. The first kappa shape index (κ1) is 31.2. The van der Waals surface area contributed by atoms with E-state index in [0.717, 1.165) is 55.2 Å². The quantitative estimate of drug-likeness (QED) is 0.265. The molecule has 1 aliphatic rings. The molecule has 0 bridgehead atoms. The van der Waals surface area contributed by atoms with E-state index in [4.69, 9.17) is 0 Å². The second-order valence-electron chi connectivity index (χ2n) is 11.3. The van der Waals surface area contributed by atoms with E-state index in [9.17, 15) is 26.7 Å². The van der Waals surface area contributed by atoms with Crippen LogP contribution in [-0.4, -0.2) is 81.0 Å². The van der Waals surface area contributed by atoms with Crippen LogP contribution < -0.4 is 0 Å². The van der Waals surface area contributed by atoms with Gasteiger partial charge in [0, 0.05) is 65.9 Å². The Balaban J connectivity index is 1.31. The molecule has 1 saturated heterocycles. The summed E-state index contributed by atoms with van der Waals surface area (Å²) in [5, 5.41) is 16.9. The Morgan fingerprint density at radius 1 is 1.14 bits per heavy atom. The van der Waals surface area contributed by atoms with E-state index in [1.165, 1.54) is 22.0 Å². The number of hydrogen-bond acceptors (Lipinski definition) is 6. The molecule has 5 rings (SSSR count). The first-order valence-electron chi connectivity index (χ1n) is 14.4. The zero-order chi connectivity index (χ0) is 30.9. The van der Waals surface area contributed by atoms with Gasteiger partial charge in [-0.15, -0.1) is 0 Å². The predicted molar refractivity (Wildman–Crippen MR) is 159 cm³/mol. The van der Waals surface area contributed by atoms with Gasteiger partial charge in [0.1, 0.15) is 0 Å². The van der Waals surface area contributed by atoms with Gasteiger partial charge in [-0.25, -0.2) is 8.42 Å². The zero-order valence-corrected chi connectivity index (χ0v) is 25.3. The number of nitrogens with zero attached hydrogens (tertiary/aromatic N) is 5. The first-order valence-corrected chi connectivity index (χ1v) is 16.2. The zero-order valence-electron chi connectivity index (χ0n) is 24.5. The summed E-state index contributed by atoms with van der Waals surface area (Å²) in [5.41, 5.74) is 3.66. The average Bonchev–Trinajstić information content (AvgIpc) is 3.52. The van der Waals surface area contributed by atoms with Crippen molar-refractivity contribution in [1.29, 1.82) is 0 Å². The maximum absolute atomic E-state index is 13.2. The molecule has 0 spiro atoms. The van der Waals surface area contributed by atoms with Crippen LogP contribution >= 0.6 is 0 Å². The fraction of sp³-hybridized carbons (Fsp3) is 0.467. The number of pyridine rings is 1. The van der Waals surface area contributed by atoms with Crippen molar-refractivity contribution in [2.45, 2.75) is 58.0 Å². The van der Waals surface area contributed by atoms with E-state index in [1.54, 1.807) is 24.7 Å². The lowest BCUT2D eigenvalue weighted by Crippen LogP contribution is -2.40. The maximum Gasteiger partial charge on any atom is 0.416 e. The molecule has 0 radical (unpaired) electrons. The van der Waals surface area contributed by atoms with Gasteiger partial charge in [0.05, 0.1) is 30.2 Å². The van der Waals surface area contributed by atoms with Gasteiger partial charge in [0.2, 0.25) is 10.0 Å². The number of fused-ring (bicyclic) bond motifs is 1. The number of likely N-dealkylation sites (tertiary alicyclic amines) is 1. The Hall–Kier alpha value is -3.26. The number of aromatic amines is 1. The standard InChI is InChI=1S/C30H37F3N6O3S/c1-4-38(43(3,41)42)19-27-20(2)39(36-29(27)22-5-7-23(8-6-22)30(31,32)33)18-24(40)17-37-13-10-21(11-14-37)25-16-35-28-9-12-34-15-26(25)28/h5-9,12,15-16,21,24,35,40H,4,10-11,13-14,17-19H2,1-3H3. The average molecular weight is 619 g/mol. The molecule has 1 atom stereocenters. The number of alkyl halides is 3. The van der Waals surface area contributed by atoms with Crippen LogP contribution in [0.15, 0.2) is 48.9 Å². The number of H-pyrrole nitrogens is 1. The van der Waals surface area contributed by atoms with E-state index in [2.05, 4.69) is 26.2 Å². The fourth-order valence-electron chi connectivity index (χ4n) is 5.94. The lowest BCUT2D eigenvalue weighted by molar-refractivity contribution is -0.137. The topological polar surface area (TPSA) is 107 Å². The molecular formula is C30H37F3N6O3S. The van der Waals surface area contributed by atoms with Crippen molar-refractivity contribution < 1.29 is 26.7 Å². The van der Waals surface area contributed by atoms with Crippen LogP contribution in [0.25, 0.3) is 22.2 Å². The SMILES string of the molecule is CCN(Cc1c(-c2ccc(C(F)(F)F)cc2)nn(CC(O)CN2CCC(c3c[nH]c4ccncc34)CC2)c1C)S(C)(=O)=O.